The summed E-state index contributed by atoms with van der Waals surface area (Å²) in [4.78, 5) is 14.8. The molecule has 3 rings (SSSR count). The summed E-state index contributed by atoms with van der Waals surface area (Å²) in [5.74, 6) is 1.39. The highest BCUT2D eigenvalue weighted by molar-refractivity contribution is 5.95. The van der Waals surface area contributed by atoms with Crippen LogP contribution in [-0.2, 0) is 0 Å². The summed E-state index contributed by atoms with van der Waals surface area (Å²) >= 11 is 0. The standard InChI is InChI=1S/C20H24N2O2.ClH/c1-14-8-9-16(10-19(14)24-2)20(23)22-12-17(11-21)18(13-22)15-6-4-3-5-7-15;/h3-10,17-18H,11-13,21H2,1-2H3;1H/t17-,18+;/m1./s1. The highest BCUT2D eigenvalue weighted by Gasteiger charge is 2.35. The largest absolute Gasteiger partial charge is 0.496 e. The Kier molecular flexibility index (Phi) is 6.45. The fraction of sp³-hybridized carbons (Fsp3) is 0.350. The second-order valence-corrected chi connectivity index (χ2v) is 6.41. The van der Waals surface area contributed by atoms with Crippen LogP contribution in [0.2, 0.25) is 0 Å². The molecule has 0 aliphatic carbocycles. The van der Waals surface area contributed by atoms with Crippen LogP contribution in [-0.4, -0.2) is 37.6 Å². The molecular weight excluding hydrogens is 336 g/mol. The van der Waals surface area contributed by atoms with Crippen LogP contribution in [0, 0.1) is 12.8 Å². The van der Waals surface area contributed by atoms with Gasteiger partial charge in [0.1, 0.15) is 5.75 Å². The monoisotopic (exact) mass is 360 g/mol. The van der Waals surface area contributed by atoms with E-state index in [9.17, 15) is 4.79 Å². The van der Waals surface area contributed by atoms with Gasteiger partial charge >= 0.3 is 0 Å². The predicted molar refractivity (Wildman–Crippen MR) is 103 cm³/mol. The van der Waals surface area contributed by atoms with Crippen molar-refractivity contribution in [3.8, 4) is 5.75 Å². The van der Waals surface area contributed by atoms with Crippen LogP contribution < -0.4 is 10.5 Å². The Morgan fingerprint density at radius 1 is 1.20 bits per heavy atom. The maximum atomic E-state index is 12.9. The summed E-state index contributed by atoms with van der Waals surface area (Å²) in [6.45, 7) is 3.96. The van der Waals surface area contributed by atoms with E-state index >= 15 is 0 Å². The highest BCUT2D eigenvalue weighted by atomic mass is 35.5. The third-order valence-corrected chi connectivity index (χ3v) is 4.91. The van der Waals surface area contributed by atoms with Crippen LogP contribution in [0.4, 0.5) is 0 Å². The van der Waals surface area contributed by atoms with E-state index in [1.807, 2.05) is 48.2 Å². The maximum absolute atomic E-state index is 12.9. The average molecular weight is 361 g/mol. The molecule has 2 atom stereocenters. The van der Waals surface area contributed by atoms with Gasteiger partial charge in [0.25, 0.3) is 5.91 Å². The Balaban J connectivity index is 0.00000225. The topological polar surface area (TPSA) is 55.6 Å². The molecule has 2 N–H and O–H groups in total. The molecule has 1 saturated heterocycles. The van der Waals surface area contributed by atoms with Crippen molar-refractivity contribution in [1.29, 1.82) is 0 Å². The number of aryl methyl sites for hydroxylation is 1. The molecule has 1 aliphatic rings. The van der Waals surface area contributed by atoms with Gasteiger partial charge in [-0.05, 0) is 42.6 Å². The number of hydrogen-bond acceptors (Lipinski definition) is 3. The summed E-state index contributed by atoms with van der Waals surface area (Å²) in [6, 6.07) is 16.0. The van der Waals surface area contributed by atoms with E-state index in [1.165, 1.54) is 5.56 Å². The van der Waals surface area contributed by atoms with E-state index in [0.717, 1.165) is 11.3 Å². The van der Waals surface area contributed by atoms with E-state index in [2.05, 4.69) is 12.1 Å². The van der Waals surface area contributed by atoms with Crippen LogP contribution in [0.3, 0.4) is 0 Å². The highest BCUT2D eigenvalue weighted by Crippen LogP contribution is 2.33. The van der Waals surface area contributed by atoms with Gasteiger partial charge in [-0.15, -0.1) is 12.4 Å². The summed E-state index contributed by atoms with van der Waals surface area (Å²) in [6.07, 6.45) is 0. The lowest BCUT2D eigenvalue weighted by Gasteiger charge is -2.17. The van der Waals surface area contributed by atoms with Crippen LogP contribution in [0.5, 0.6) is 5.75 Å². The van der Waals surface area contributed by atoms with Crippen LogP contribution in [0.1, 0.15) is 27.4 Å². The number of carbonyl (C=O) groups is 1. The molecule has 1 heterocycles. The number of rotatable bonds is 4. The minimum Gasteiger partial charge on any atom is -0.496 e. The first kappa shape index (κ1) is 19.3. The predicted octanol–water partition coefficient (Wildman–Crippen LogP) is 3.24. The van der Waals surface area contributed by atoms with E-state index in [0.29, 0.717) is 37.0 Å². The lowest BCUT2D eigenvalue weighted by molar-refractivity contribution is 0.0786. The van der Waals surface area contributed by atoms with E-state index < -0.39 is 0 Å². The molecule has 0 unspecified atom stereocenters. The lowest BCUT2D eigenvalue weighted by Crippen LogP contribution is -2.29. The summed E-state index contributed by atoms with van der Waals surface area (Å²) in [7, 11) is 1.63. The molecule has 1 amide bonds. The molecule has 25 heavy (non-hydrogen) atoms. The molecule has 2 aromatic rings. The van der Waals surface area contributed by atoms with Crippen molar-refractivity contribution in [3.05, 3.63) is 65.2 Å². The molecular formula is C20H25ClN2O2. The molecule has 1 aliphatic heterocycles. The Labute approximate surface area is 155 Å². The first-order valence-electron chi connectivity index (χ1n) is 8.33. The Morgan fingerprint density at radius 3 is 2.56 bits per heavy atom. The zero-order valence-corrected chi connectivity index (χ0v) is 15.5. The number of ether oxygens (including phenoxy) is 1. The Bertz CT molecular complexity index is 721. The number of benzene rings is 2. The molecule has 0 saturated carbocycles. The van der Waals surface area contributed by atoms with E-state index in [-0.39, 0.29) is 18.3 Å². The molecule has 0 bridgehead atoms. The molecule has 0 aromatic heterocycles. The van der Waals surface area contributed by atoms with Gasteiger partial charge < -0.3 is 15.4 Å². The first-order chi connectivity index (χ1) is 11.6. The van der Waals surface area contributed by atoms with Crippen molar-refractivity contribution in [3.63, 3.8) is 0 Å². The van der Waals surface area contributed by atoms with Crippen molar-refractivity contribution in [1.82, 2.24) is 4.90 Å². The van der Waals surface area contributed by atoms with E-state index in [4.69, 9.17) is 10.5 Å². The smallest absolute Gasteiger partial charge is 0.254 e. The molecule has 2 aromatic carbocycles. The molecule has 5 heteroatoms. The van der Waals surface area contributed by atoms with Gasteiger partial charge in [0.15, 0.2) is 0 Å². The quantitative estimate of drug-likeness (QED) is 0.910. The van der Waals surface area contributed by atoms with Crippen LogP contribution in [0.25, 0.3) is 0 Å². The third-order valence-electron chi connectivity index (χ3n) is 4.91. The zero-order valence-electron chi connectivity index (χ0n) is 14.6. The van der Waals surface area contributed by atoms with Gasteiger partial charge in [-0.2, -0.15) is 0 Å². The van der Waals surface area contributed by atoms with Gasteiger partial charge in [0, 0.05) is 24.6 Å². The average Bonchev–Trinajstić information content (AvgIpc) is 3.06. The minimum absolute atomic E-state index is 0. The van der Waals surface area contributed by atoms with Gasteiger partial charge in [0.05, 0.1) is 7.11 Å². The van der Waals surface area contributed by atoms with Crippen molar-refractivity contribution < 1.29 is 9.53 Å². The van der Waals surface area contributed by atoms with Crippen molar-refractivity contribution in [2.45, 2.75) is 12.8 Å². The number of hydrogen-bond donors (Lipinski definition) is 1. The maximum Gasteiger partial charge on any atom is 0.254 e. The van der Waals surface area contributed by atoms with E-state index in [1.54, 1.807) is 7.11 Å². The fourth-order valence-electron chi connectivity index (χ4n) is 3.49. The number of carbonyl (C=O) groups excluding carboxylic acids is 1. The van der Waals surface area contributed by atoms with Crippen molar-refractivity contribution >= 4 is 18.3 Å². The molecule has 0 spiro atoms. The number of methoxy groups -OCH3 is 1. The molecule has 4 nitrogen and oxygen atoms in total. The number of likely N-dealkylation sites (tertiary alicyclic amines) is 1. The van der Waals surface area contributed by atoms with Gasteiger partial charge in [-0.25, -0.2) is 0 Å². The third kappa shape index (κ3) is 3.97. The summed E-state index contributed by atoms with van der Waals surface area (Å²) in [5.41, 5.74) is 8.92. The number of nitrogens with zero attached hydrogens (tertiary/aromatic N) is 1. The SMILES string of the molecule is COc1cc(C(=O)N2C[C@@H](CN)[C@H](c3ccccc3)C2)ccc1C.Cl. The minimum atomic E-state index is 0. The van der Waals surface area contributed by atoms with Crippen molar-refractivity contribution in [2.75, 3.05) is 26.7 Å². The normalized spacial score (nSPS) is 19.4. The number of nitrogens with two attached hydrogens (primary N) is 1. The van der Waals surface area contributed by atoms with Gasteiger partial charge in [0.2, 0.25) is 0 Å². The van der Waals surface area contributed by atoms with Crippen molar-refractivity contribution in [2.24, 2.45) is 11.7 Å². The Morgan fingerprint density at radius 2 is 1.92 bits per heavy atom. The second-order valence-electron chi connectivity index (χ2n) is 6.41. The number of halogens is 1. The first-order valence-corrected chi connectivity index (χ1v) is 8.33. The second kappa shape index (κ2) is 8.37. The summed E-state index contributed by atoms with van der Waals surface area (Å²) < 4.78 is 5.34. The lowest BCUT2D eigenvalue weighted by atomic mass is 9.89. The molecule has 0 radical (unpaired) electrons. The van der Waals surface area contributed by atoms with Gasteiger partial charge in [-0.1, -0.05) is 36.4 Å². The van der Waals surface area contributed by atoms with Gasteiger partial charge in [-0.3, -0.25) is 4.79 Å². The zero-order chi connectivity index (χ0) is 17.1. The summed E-state index contributed by atoms with van der Waals surface area (Å²) in [5, 5.41) is 0. The van der Waals surface area contributed by atoms with Crippen LogP contribution in [0.15, 0.2) is 48.5 Å². The van der Waals surface area contributed by atoms with Crippen LogP contribution >= 0.6 is 12.4 Å². The number of amides is 1. The fourth-order valence-corrected chi connectivity index (χ4v) is 3.49. The molecule has 134 valence electrons. The molecule has 1 fully saturated rings. The Hall–Kier alpha value is -2.04.